The monoisotopic (exact) mass is 447 g/mol. The van der Waals surface area contributed by atoms with Crippen LogP contribution >= 0.6 is 0 Å². The van der Waals surface area contributed by atoms with E-state index in [1.165, 1.54) is 0 Å². The van der Waals surface area contributed by atoms with E-state index in [1.54, 1.807) is 21.3 Å². The molecule has 3 rings (SSSR count). The van der Waals surface area contributed by atoms with Gasteiger partial charge in [-0.05, 0) is 44.6 Å². The molecule has 178 valence electrons. The van der Waals surface area contributed by atoms with Gasteiger partial charge in [0.15, 0.2) is 17.5 Å². The lowest BCUT2D eigenvalue weighted by atomic mass is 10.1. The number of ether oxygens (including phenoxy) is 3. The smallest absolute Gasteiger partial charge is 0.251 e. The number of carbonyl (C=O) groups excluding carboxylic acids is 1. The van der Waals surface area contributed by atoms with Gasteiger partial charge in [-0.3, -0.25) is 9.79 Å². The quantitative estimate of drug-likeness (QED) is 0.497. The van der Waals surface area contributed by atoms with Gasteiger partial charge < -0.3 is 34.2 Å². The highest BCUT2D eigenvalue weighted by atomic mass is 16.5. The van der Waals surface area contributed by atoms with Crippen LogP contribution in [0.3, 0.4) is 0 Å². The Morgan fingerprint density at radius 1 is 1.19 bits per heavy atom. The highest BCUT2D eigenvalue weighted by Gasteiger charge is 2.31. The summed E-state index contributed by atoms with van der Waals surface area (Å²) in [7, 11) is 9.20. The Hall–Kier alpha value is -2.52. The van der Waals surface area contributed by atoms with Crippen molar-refractivity contribution in [2.45, 2.75) is 25.0 Å². The number of guanidine groups is 1. The Labute approximate surface area is 191 Å². The number of piperazine rings is 1. The summed E-state index contributed by atoms with van der Waals surface area (Å²) in [5.41, 5.74) is 1.13. The first-order chi connectivity index (χ1) is 15.5. The molecular weight excluding hydrogens is 410 g/mol. The van der Waals surface area contributed by atoms with Crippen LogP contribution in [0.5, 0.6) is 11.5 Å². The van der Waals surface area contributed by atoms with Crippen molar-refractivity contribution in [2.75, 3.05) is 74.7 Å². The van der Waals surface area contributed by atoms with Crippen molar-refractivity contribution in [3.63, 3.8) is 0 Å². The lowest BCUT2D eigenvalue weighted by molar-refractivity contribution is -0.142. The van der Waals surface area contributed by atoms with E-state index in [0.717, 1.165) is 37.5 Å². The van der Waals surface area contributed by atoms with Gasteiger partial charge in [0.25, 0.3) is 5.91 Å². The van der Waals surface area contributed by atoms with Gasteiger partial charge in [-0.1, -0.05) is 6.07 Å². The molecule has 2 heterocycles. The summed E-state index contributed by atoms with van der Waals surface area (Å²) >= 11 is 0. The fourth-order valence-corrected chi connectivity index (χ4v) is 4.29. The summed E-state index contributed by atoms with van der Waals surface area (Å²) in [5, 5.41) is 3.52. The summed E-state index contributed by atoms with van der Waals surface area (Å²) < 4.78 is 16.4. The molecule has 2 unspecified atom stereocenters. The Morgan fingerprint density at radius 3 is 2.44 bits per heavy atom. The van der Waals surface area contributed by atoms with Gasteiger partial charge in [0, 0.05) is 46.4 Å². The van der Waals surface area contributed by atoms with Gasteiger partial charge >= 0.3 is 0 Å². The van der Waals surface area contributed by atoms with Gasteiger partial charge in [-0.25, -0.2) is 0 Å². The van der Waals surface area contributed by atoms with Crippen molar-refractivity contribution in [1.82, 2.24) is 20.0 Å². The average Bonchev–Trinajstić information content (AvgIpc) is 3.36. The van der Waals surface area contributed by atoms with Crippen LogP contribution in [0, 0.1) is 0 Å². The van der Waals surface area contributed by atoms with Crippen LogP contribution in [0.2, 0.25) is 0 Å². The van der Waals surface area contributed by atoms with Crippen molar-refractivity contribution in [3.8, 4) is 11.5 Å². The molecule has 32 heavy (non-hydrogen) atoms. The van der Waals surface area contributed by atoms with Crippen molar-refractivity contribution < 1.29 is 19.0 Å². The average molecular weight is 448 g/mol. The van der Waals surface area contributed by atoms with Gasteiger partial charge in [-0.15, -0.1) is 0 Å². The number of hydrogen-bond acceptors (Lipinski definition) is 6. The number of nitrogens with zero attached hydrogens (tertiary/aromatic N) is 4. The predicted octanol–water partition coefficient (Wildman–Crippen LogP) is 1.21. The summed E-state index contributed by atoms with van der Waals surface area (Å²) in [5.74, 6) is 2.41. The number of methoxy groups -OCH3 is 2. The minimum Gasteiger partial charge on any atom is -0.493 e. The number of rotatable bonds is 7. The van der Waals surface area contributed by atoms with E-state index >= 15 is 0 Å². The molecule has 0 aliphatic carbocycles. The molecular formula is C23H37N5O4. The van der Waals surface area contributed by atoms with Gasteiger partial charge in [0.05, 0.1) is 20.3 Å². The molecule has 9 nitrogen and oxygen atoms in total. The van der Waals surface area contributed by atoms with Crippen molar-refractivity contribution >= 4 is 11.9 Å². The lowest BCUT2D eigenvalue weighted by Crippen LogP contribution is -2.55. The van der Waals surface area contributed by atoms with Crippen LogP contribution in [0.15, 0.2) is 23.2 Å². The van der Waals surface area contributed by atoms with E-state index < -0.39 is 0 Å². The Balaban J connectivity index is 1.58. The number of likely N-dealkylation sites (N-methyl/N-ethyl adjacent to an activating group) is 1. The van der Waals surface area contributed by atoms with Crippen LogP contribution in [-0.2, 0) is 9.53 Å². The van der Waals surface area contributed by atoms with Crippen LogP contribution in [0.25, 0.3) is 0 Å². The second-order valence-electron chi connectivity index (χ2n) is 8.34. The fourth-order valence-electron chi connectivity index (χ4n) is 4.29. The van der Waals surface area contributed by atoms with Crippen molar-refractivity contribution in [3.05, 3.63) is 23.8 Å². The first kappa shape index (κ1) is 24.1. The third-order valence-corrected chi connectivity index (χ3v) is 6.18. The maximum atomic E-state index is 12.6. The number of benzene rings is 1. The number of carbonyl (C=O) groups is 1. The maximum absolute atomic E-state index is 12.6. The fraction of sp³-hybridized carbons (Fsp3) is 0.652. The molecule has 2 atom stereocenters. The number of hydrogen-bond donors (Lipinski definition) is 1. The Bertz CT molecular complexity index is 787. The Kier molecular flexibility index (Phi) is 8.58. The molecule has 1 aromatic carbocycles. The Morgan fingerprint density at radius 2 is 1.88 bits per heavy atom. The van der Waals surface area contributed by atoms with E-state index in [2.05, 4.69) is 40.3 Å². The summed E-state index contributed by atoms with van der Waals surface area (Å²) in [6, 6.07) is 6.13. The number of aliphatic imine (C=N–C) groups is 1. The minimum absolute atomic E-state index is 0.119. The van der Waals surface area contributed by atoms with Crippen LogP contribution in [0.4, 0.5) is 0 Å². The highest BCUT2D eigenvalue weighted by Crippen LogP contribution is 2.31. The van der Waals surface area contributed by atoms with E-state index in [1.807, 2.05) is 17.0 Å². The zero-order chi connectivity index (χ0) is 23.1. The zero-order valence-corrected chi connectivity index (χ0v) is 20.0. The van der Waals surface area contributed by atoms with E-state index in [4.69, 9.17) is 14.2 Å². The molecule has 0 bridgehead atoms. The summed E-state index contributed by atoms with van der Waals surface area (Å²) in [6.45, 7) is 4.25. The summed E-state index contributed by atoms with van der Waals surface area (Å²) in [4.78, 5) is 23.4. The van der Waals surface area contributed by atoms with E-state index in [9.17, 15) is 4.79 Å². The third kappa shape index (κ3) is 5.63. The van der Waals surface area contributed by atoms with Crippen LogP contribution in [0.1, 0.15) is 24.4 Å². The molecule has 0 radical (unpaired) electrons. The van der Waals surface area contributed by atoms with Crippen LogP contribution < -0.4 is 14.8 Å². The van der Waals surface area contributed by atoms with Gasteiger partial charge in [0.1, 0.15) is 6.10 Å². The number of amides is 1. The van der Waals surface area contributed by atoms with Crippen molar-refractivity contribution in [1.29, 1.82) is 0 Å². The molecule has 0 spiro atoms. The van der Waals surface area contributed by atoms with E-state index in [-0.39, 0.29) is 18.1 Å². The molecule has 1 N–H and O–H groups in total. The standard InChI is InChI=1S/C23H37N5O4/c1-24-23(28-12-10-27(11-13-28)22(29)20-7-6-14-32-20)25-16-18(26(2)3)17-8-9-19(30-4)21(15-17)31-5/h8-9,15,18,20H,6-7,10-14,16H2,1-5H3,(H,24,25). The van der Waals surface area contributed by atoms with E-state index in [0.29, 0.717) is 37.7 Å². The van der Waals surface area contributed by atoms with Crippen molar-refractivity contribution in [2.24, 2.45) is 4.99 Å². The molecule has 1 aromatic rings. The lowest BCUT2D eigenvalue weighted by Gasteiger charge is -2.38. The largest absolute Gasteiger partial charge is 0.493 e. The molecule has 2 saturated heterocycles. The highest BCUT2D eigenvalue weighted by molar-refractivity contribution is 5.82. The third-order valence-electron chi connectivity index (χ3n) is 6.18. The first-order valence-corrected chi connectivity index (χ1v) is 11.2. The molecule has 0 aromatic heterocycles. The second kappa shape index (κ2) is 11.4. The van der Waals surface area contributed by atoms with Crippen LogP contribution in [-0.4, -0.2) is 107 Å². The maximum Gasteiger partial charge on any atom is 0.251 e. The molecule has 2 fully saturated rings. The normalized spacial score (nSPS) is 20.4. The topological polar surface area (TPSA) is 78.9 Å². The minimum atomic E-state index is -0.249. The number of nitrogens with one attached hydrogen (secondary N) is 1. The molecule has 2 aliphatic rings. The molecule has 1 amide bonds. The predicted molar refractivity (Wildman–Crippen MR) is 124 cm³/mol. The summed E-state index contributed by atoms with van der Waals surface area (Å²) in [6.07, 6.45) is 1.56. The molecule has 0 saturated carbocycles. The van der Waals surface area contributed by atoms with Gasteiger partial charge in [-0.2, -0.15) is 0 Å². The first-order valence-electron chi connectivity index (χ1n) is 11.2. The second-order valence-corrected chi connectivity index (χ2v) is 8.34. The zero-order valence-electron chi connectivity index (χ0n) is 20.0. The molecule has 9 heteroatoms. The SMILES string of the molecule is CN=C(NCC(c1ccc(OC)c(OC)c1)N(C)C)N1CCN(C(=O)C2CCCO2)CC1. The van der Waals surface area contributed by atoms with Gasteiger partial charge in [0.2, 0.25) is 0 Å². The molecule has 2 aliphatic heterocycles.